The van der Waals surface area contributed by atoms with Crippen LogP contribution in [0, 0.1) is 38.2 Å². The van der Waals surface area contributed by atoms with Gasteiger partial charge in [0.15, 0.2) is 5.75 Å². The van der Waals surface area contributed by atoms with Gasteiger partial charge < -0.3 is 4.74 Å². The molecule has 1 aliphatic rings. The van der Waals surface area contributed by atoms with E-state index in [0.717, 1.165) is 12.8 Å². The van der Waals surface area contributed by atoms with Gasteiger partial charge >= 0.3 is 5.69 Å². The van der Waals surface area contributed by atoms with Crippen LogP contribution in [0.25, 0.3) is 0 Å². The smallest absolute Gasteiger partial charge is 0.312 e. The maximum Gasteiger partial charge on any atom is 0.312 e. The van der Waals surface area contributed by atoms with Crippen molar-refractivity contribution in [1.29, 1.82) is 10.5 Å². The van der Waals surface area contributed by atoms with Crippen molar-refractivity contribution in [1.82, 2.24) is 0 Å². The fraction of sp³-hybridized carbons (Fsp3) is 0.385. The fourth-order valence-electron chi connectivity index (χ4n) is 1.80. The molecule has 0 saturated heterocycles. The zero-order valence-electron chi connectivity index (χ0n) is 10.1. The monoisotopic (exact) mass is 257 g/mol. The van der Waals surface area contributed by atoms with Crippen molar-refractivity contribution >= 4 is 5.69 Å². The lowest BCUT2D eigenvalue weighted by molar-refractivity contribution is -0.385. The Morgan fingerprint density at radius 2 is 2.16 bits per heavy atom. The highest BCUT2D eigenvalue weighted by Gasteiger charge is 2.43. The van der Waals surface area contributed by atoms with E-state index in [9.17, 15) is 10.1 Å². The Hall–Kier alpha value is -2.60. The SMILES string of the molecule is N#CCC1(COc2ccc(C#N)cc2[N+](=O)[O-])CC1. The number of nitrogens with zero attached hydrogens (tertiary/aromatic N) is 3. The number of ether oxygens (including phenoxy) is 1. The van der Waals surface area contributed by atoms with Gasteiger partial charge in [0, 0.05) is 17.9 Å². The number of hydrogen-bond acceptors (Lipinski definition) is 5. The van der Waals surface area contributed by atoms with E-state index >= 15 is 0 Å². The largest absolute Gasteiger partial charge is 0.486 e. The van der Waals surface area contributed by atoms with Crippen LogP contribution in [-0.2, 0) is 0 Å². The lowest BCUT2D eigenvalue weighted by Crippen LogP contribution is -2.13. The average Bonchev–Trinajstić information content (AvgIpc) is 3.17. The Morgan fingerprint density at radius 1 is 1.42 bits per heavy atom. The molecule has 0 aromatic heterocycles. The summed E-state index contributed by atoms with van der Waals surface area (Å²) in [5, 5.41) is 28.3. The molecule has 0 heterocycles. The third-order valence-electron chi connectivity index (χ3n) is 3.23. The van der Waals surface area contributed by atoms with Gasteiger partial charge in [-0.2, -0.15) is 10.5 Å². The van der Waals surface area contributed by atoms with Crippen molar-refractivity contribution in [2.75, 3.05) is 6.61 Å². The molecular formula is C13H11N3O3. The van der Waals surface area contributed by atoms with Crippen LogP contribution in [0.15, 0.2) is 18.2 Å². The molecule has 6 heteroatoms. The fourth-order valence-corrected chi connectivity index (χ4v) is 1.80. The number of nitro benzene ring substituents is 1. The van der Waals surface area contributed by atoms with Crippen LogP contribution < -0.4 is 4.74 Å². The predicted octanol–water partition coefficient (Wildman–Crippen LogP) is 2.54. The second-order valence-electron chi connectivity index (χ2n) is 4.67. The van der Waals surface area contributed by atoms with Gasteiger partial charge in [-0.1, -0.05) is 0 Å². The summed E-state index contributed by atoms with van der Waals surface area (Å²) in [5.41, 5.74) is -0.139. The summed E-state index contributed by atoms with van der Waals surface area (Å²) < 4.78 is 5.48. The molecule has 0 amide bonds. The molecule has 2 rings (SSSR count). The van der Waals surface area contributed by atoms with E-state index in [1.165, 1.54) is 18.2 Å². The lowest BCUT2D eigenvalue weighted by atomic mass is 10.1. The van der Waals surface area contributed by atoms with E-state index in [4.69, 9.17) is 15.3 Å². The van der Waals surface area contributed by atoms with Gasteiger partial charge in [0.2, 0.25) is 0 Å². The maximum atomic E-state index is 10.9. The van der Waals surface area contributed by atoms with Gasteiger partial charge in [0.05, 0.1) is 29.2 Å². The first-order chi connectivity index (χ1) is 9.10. The Labute approximate surface area is 110 Å². The molecule has 19 heavy (non-hydrogen) atoms. The first kappa shape index (κ1) is 12.8. The lowest BCUT2D eigenvalue weighted by Gasteiger charge is -2.12. The summed E-state index contributed by atoms with van der Waals surface area (Å²) in [6.07, 6.45) is 2.21. The Morgan fingerprint density at radius 3 is 2.68 bits per heavy atom. The Kier molecular flexibility index (Phi) is 3.35. The van der Waals surface area contributed by atoms with Gasteiger partial charge in [-0.25, -0.2) is 0 Å². The zero-order chi connectivity index (χ0) is 13.9. The predicted molar refractivity (Wildman–Crippen MR) is 65.2 cm³/mol. The van der Waals surface area contributed by atoms with E-state index in [1.807, 2.05) is 6.07 Å². The van der Waals surface area contributed by atoms with Crippen LogP contribution in [0.4, 0.5) is 5.69 Å². The minimum absolute atomic E-state index is 0.142. The van der Waals surface area contributed by atoms with E-state index in [2.05, 4.69) is 6.07 Å². The molecule has 1 aromatic carbocycles. The van der Waals surface area contributed by atoms with Crippen molar-refractivity contribution in [3.05, 3.63) is 33.9 Å². The van der Waals surface area contributed by atoms with E-state index in [1.54, 1.807) is 0 Å². The van der Waals surface area contributed by atoms with E-state index in [-0.39, 0.29) is 22.4 Å². The molecule has 0 bridgehead atoms. The topological polar surface area (TPSA) is 99.9 Å². The molecule has 0 radical (unpaired) electrons. The van der Waals surface area contributed by atoms with Gasteiger partial charge in [-0.05, 0) is 25.0 Å². The number of rotatable bonds is 5. The Balaban J connectivity index is 2.15. The molecule has 0 unspecified atom stereocenters. The molecular weight excluding hydrogens is 246 g/mol. The van der Waals surface area contributed by atoms with Crippen molar-refractivity contribution in [3.8, 4) is 17.9 Å². The molecule has 6 nitrogen and oxygen atoms in total. The molecule has 0 aliphatic heterocycles. The summed E-state index contributed by atoms with van der Waals surface area (Å²) in [7, 11) is 0. The van der Waals surface area contributed by atoms with Crippen molar-refractivity contribution in [3.63, 3.8) is 0 Å². The first-order valence-electron chi connectivity index (χ1n) is 5.78. The summed E-state index contributed by atoms with van der Waals surface area (Å²) in [6.45, 7) is 0.299. The quantitative estimate of drug-likeness (QED) is 0.596. The van der Waals surface area contributed by atoms with E-state index < -0.39 is 4.92 Å². The highest BCUT2D eigenvalue weighted by Crippen LogP contribution is 2.49. The normalized spacial score (nSPS) is 15.1. The standard InChI is InChI=1S/C13H11N3O3/c14-6-5-13(3-4-13)9-19-12-2-1-10(8-15)7-11(12)16(17)18/h1-2,7H,3-5,9H2. The molecule has 0 atom stereocenters. The summed E-state index contributed by atoms with van der Waals surface area (Å²) >= 11 is 0. The minimum atomic E-state index is -0.569. The Bertz CT molecular complexity index is 594. The molecule has 0 spiro atoms. The molecule has 1 aromatic rings. The molecule has 1 fully saturated rings. The van der Waals surface area contributed by atoms with Gasteiger partial charge in [-0.15, -0.1) is 0 Å². The van der Waals surface area contributed by atoms with Crippen LogP contribution in [0.5, 0.6) is 5.75 Å². The number of nitriles is 2. The van der Waals surface area contributed by atoms with Gasteiger partial charge in [0.1, 0.15) is 0 Å². The average molecular weight is 257 g/mol. The minimum Gasteiger partial charge on any atom is -0.486 e. The second-order valence-corrected chi connectivity index (χ2v) is 4.67. The third-order valence-corrected chi connectivity index (χ3v) is 3.23. The molecule has 1 saturated carbocycles. The summed E-state index contributed by atoms with van der Waals surface area (Å²) in [6, 6.07) is 8.06. The highest BCUT2D eigenvalue weighted by atomic mass is 16.6. The summed E-state index contributed by atoms with van der Waals surface area (Å²) in [4.78, 5) is 10.4. The van der Waals surface area contributed by atoms with Crippen LogP contribution in [-0.4, -0.2) is 11.5 Å². The zero-order valence-corrected chi connectivity index (χ0v) is 10.1. The number of benzene rings is 1. The number of nitro groups is 1. The molecule has 1 aliphatic carbocycles. The third kappa shape index (κ3) is 2.80. The number of hydrogen-bond donors (Lipinski definition) is 0. The summed E-state index contributed by atoms with van der Waals surface area (Å²) in [5.74, 6) is 0.146. The van der Waals surface area contributed by atoms with Crippen molar-refractivity contribution in [2.45, 2.75) is 19.3 Å². The van der Waals surface area contributed by atoms with Crippen LogP contribution in [0.2, 0.25) is 0 Å². The van der Waals surface area contributed by atoms with E-state index in [0.29, 0.717) is 13.0 Å². The molecule has 96 valence electrons. The highest BCUT2D eigenvalue weighted by molar-refractivity contribution is 5.51. The second kappa shape index (κ2) is 4.95. The maximum absolute atomic E-state index is 10.9. The van der Waals surface area contributed by atoms with Crippen LogP contribution >= 0.6 is 0 Å². The van der Waals surface area contributed by atoms with Crippen molar-refractivity contribution < 1.29 is 9.66 Å². The molecule has 0 N–H and O–H groups in total. The first-order valence-corrected chi connectivity index (χ1v) is 5.78. The van der Waals surface area contributed by atoms with Crippen LogP contribution in [0.3, 0.4) is 0 Å². The van der Waals surface area contributed by atoms with Crippen LogP contribution in [0.1, 0.15) is 24.8 Å². The van der Waals surface area contributed by atoms with Gasteiger partial charge in [-0.3, -0.25) is 10.1 Å². The van der Waals surface area contributed by atoms with Gasteiger partial charge in [0.25, 0.3) is 0 Å². The van der Waals surface area contributed by atoms with Crippen molar-refractivity contribution in [2.24, 2.45) is 5.41 Å².